The Morgan fingerprint density at radius 1 is 0.964 bits per heavy atom. The van der Waals surface area contributed by atoms with Crippen LogP contribution in [0, 0.1) is 0 Å². The molecule has 1 amide bonds. The van der Waals surface area contributed by atoms with Crippen molar-refractivity contribution in [3.8, 4) is 11.1 Å². The summed E-state index contributed by atoms with van der Waals surface area (Å²) in [5.41, 5.74) is 3.57. The zero-order valence-corrected chi connectivity index (χ0v) is 15.7. The Morgan fingerprint density at radius 3 is 2.43 bits per heavy atom. The number of pyridine rings is 2. The van der Waals surface area contributed by atoms with Crippen molar-refractivity contribution in [3.63, 3.8) is 0 Å². The Morgan fingerprint density at radius 2 is 1.71 bits per heavy atom. The van der Waals surface area contributed by atoms with Gasteiger partial charge < -0.3 is 9.64 Å². The molecular formula is C22H21N3O3. The molecule has 3 heterocycles. The molecule has 2 aromatic heterocycles. The number of ether oxygens (including phenoxy) is 1. The van der Waals surface area contributed by atoms with Crippen molar-refractivity contribution in [3.05, 3.63) is 60.0 Å². The highest BCUT2D eigenvalue weighted by Gasteiger charge is 2.19. The van der Waals surface area contributed by atoms with Crippen LogP contribution in [0.3, 0.4) is 0 Å². The summed E-state index contributed by atoms with van der Waals surface area (Å²) in [6.07, 6.45) is 8.36. The number of amides is 1. The SMILES string of the molecule is COC(=O)c1ccc(-c2cncc3ncc(C(=O)N4CCCCC4)cc23)cc1. The molecule has 0 radical (unpaired) electrons. The van der Waals surface area contributed by atoms with Crippen LogP contribution in [0.5, 0.6) is 0 Å². The van der Waals surface area contributed by atoms with Crippen molar-refractivity contribution in [1.82, 2.24) is 14.9 Å². The highest BCUT2D eigenvalue weighted by molar-refractivity contribution is 6.01. The maximum absolute atomic E-state index is 12.9. The lowest BCUT2D eigenvalue weighted by molar-refractivity contribution is 0.0600. The molecule has 28 heavy (non-hydrogen) atoms. The molecule has 1 saturated heterocycles. The summed E-state index contributed by atoms with van der Waals surface area (Å²) >= 11 is 0. The zero-order valence-electron chi connectivity index (χ0n) is 15.7. The topological polar surface area (TPSA) is 72.4 Å². The number of methoxy groups -OCH3 is 1. The lowest BCUT2D eigenvalue weighted by Crippen LogP contribution is -2.35. The van der Waals surface area contributed by atoms with Crippen LogP contribution in [0.15, 0.2) is 48.9 Å². The van der Waals surface area contributed by atoms with Gasteiger partial charge in [-0.1, -0.05) is 12.1 Å². The van der Waals surface area contributed by atoms with Gasteiger partial charge in [0.15, 0.2) is 0 Å². The molecule has 6 nitrogen and oxygen atoms in total. The van der Waals surface area contributed by atoms with E-state index in [4.69, 9.17) is 4.74 Å². The number of benzene rings is 1. The summed E-state index contributed by atoms with van der Waals surface area (Å²) in [6.45, 7) is 1.60. The second-order valence-electron chi connectivity index (χ2n) is 6.90. The number of nitrogens with zero attached hydrogens (tertiary/aromatic N) is 3. The Labute approximate surface area is 163 Å². The van der Waals surface area contributed by atoms with Gasteiger partial charge in [0.25, 0.3) is 5.91 Å². The summed E-state index contributed by atoms with van der Waals surface area (Å²) in [7, 11) is 1.36. The molecule has 0 spiro atoms. The quantitative estimate of drug-likeness (QED) is 0.653. The van der Waals surface area contributed by atoms with E-state index in [0.717, 1.165) is 48.0 Å². The van der Waals surface area contributed by atoms with Crippen LogP contribution in [0.4, 0.5) is 0 Å². The predicted octanol–water partition coefficient (Wildman–Crippen LogP) is 3.71. The fourth-order valence-corrected chi connectivity index (χ4v) is 3.58. The monoisotopic (exact) mass is 375 g/mol. The molecule has 1 fully saturated rings. The van der Waals surface area contributed by atoms with Crippen LogP contribution in [-0.4, -0.2) is 46.9 Å². The third-order valence-electron chi connectivity index (χ3n) is 5.12. The van der Waals surface area contributed by atoms with E-state index in [9.17, 15) is 9.59 Å². The number of hydrogen-bond acceptors (Lipinski definition) is 5. The van der Waals surface area contributed by atoms with Crippen LogP contribution in [0.1, 0.15) is 40.0 Å². The maximum Gasteiger partial charge on any atom is 0.337 e. The van der Waals surface area contributed by atoms with Crippen molar-refractivity contribution in [2.24, 2.45) is 0 Å². The van der Waals surface area contributed by atoms with Gasteiger partial charge in [0.2, 0.25) is 0 Å². The van der Waals surface area contributed by atoms with Gasteiger partial charge in [-0.2, -0.15) is 0 Å². The summed E-state index contributed by atoms with van der Waals surface area (Å²) in [6, 6.07) is 9.03. The number of aromatic nitrogens is 2. The van der Waals surface area contributed by atoms with E-state index in [1.165, 1.54) is 13.5 Å². The first kappa shape index (κ1) is 18.1. The summed E-state index contributed by atoms with van der Waals surface area (Å²) in [5, 5.41) is 0.865. The Hall–Kier alpha value is -3.28. The van der Waals surface area contributed by atoms with E-state index >= 15 is 0 Å². The molecule has 0 atom stereocenters. The second-order valence-corrected chi connectivity index (χ2v) is 6.90. The third kappa shape index (κ3) is 3.45. The predicted molar refractivity (Wildman–Crippen MR) is 106 cm³/mol. The molecule has 1 aromatic carbocycles. The number of carbonyl (C=O) groups is 2. The maximum atomic E-state index is 12.9. The molecule has 1 aliphatic heterocycles. The molecule has 1 aliphatic rings. The number of piperidine rings is 1. The van der Waals surface area contributed by atoms with E-state index in [1.54, 1.807) is 30.7 Å². The molecule has 0 aliphatic carbocycles. The van der Waals surface area contributed by atoms with Gasteiger partial charge in [-0.15, -0.1) is 0 Å². The smallest absolute Gasteiger partial charge is 0.337 e. The van der Waals surface area contributed by atoms with Gasteiger partial charge in [0.1, 0.15) is 0 Å². The van der Waals surface area contributed by atoms with Crippen molar-refractivity contribution in [2.45, 2.75) is 19.3 Å². The summed E-state index contributed by atoms with van der Waals surface area (Å²) in [4.78, 5) is 35.2. The van der Waals surface area contributed by atoms with Gasteiger partial charge in [-0.05, 0) is 43.0 Å². The van der Waals surface area contributed by atoms with Gasteiger partial charge in [-0.25, -0.2) is 4.79 Å². The molecule has 142 valence electrons. The molecule has 0 unspecified atom stereocenters. The van der Waals surface area contributed by atoms with Gasteiger partial charge in [0.05, 0.1) is 30.0 Å². The standard InChI is InChI=1S/C22H21N3O3/c1-28-22(27)16-7-5-15(6-8-16)19-13-23-14-20-18(19)11-17(12-24-20)21(26)25-9-3-2-4-10-25/h5-8,11-14H,2-4,9-10H2,1H3. The number of hydrogen-bond donors (Lipinski definition) is 0. The van der Waals surface area contributed by atoms with Crippen molar-refractivity contribution in [1.29, 1.82) is 0 Å². The van der Waals surface area contributed by atoms with Gasteiger partial charge in [-0.3, -0.25) is 14.8 Å². The van der Waals surface area contributed by atoms with E-state index in [2.05, 4.69) is 9.97 Å². The number of carbonyl (C=O) groups excluding carboxylic acids is 2. The van der Waals surface area contributed by atoms with Crippen LogP contribution < -0.4 is 0 Å². The molecule has 6 heteroatoms. The molecular weight excluding hydrogens is 354 g/mol. The van der Waals surface area contributed by atoms with Crippen LogP contribution >= 0.6 is 0 Å². The first-order valence-corrected chi connectivity index (χ1v) is 9.39. The highest BCUT2D eigenvalue weighted by atomic mass is 16.5. The van der Waals surface area contributed by atoms with E-state index in [-0.39, 0.29) is 11.9 Å². The van der Waals surface area contributed by atoms with Crippen LogP contribution in [-0.2, 0) is 4.74 Å². The van der Waals surface area contributed by atoms with E-state index < -0.39 is 0 Å². The zero-order chi connectivity index (χ0) is 19.5. The summed E-state index contributed by atoms with van der Waals surface area (Å²) < 4.78 is 4.75. The largest absolute Gasteiger partial charge is 0.465 e. The normalized spacial score (nSPS) is 14.1. The second kappa shape index (κ2) is 7.76. The van der Waals surface area contributed by atoms with Crippen molar-refractivity contribution < 1.29 is 14.3 Å². The Bertz CT molecular complexity index is 1020. The number of fused-ring (bicyclic) bond motifs is 1. The lowest BCUT2D eigenvalue weighted by Gasteiger charge is -2.26. The molecule has 4 rings (SSSR count). The number of likely N-dealkylation sites (tertiary alicyclic amines) is 1. The molecule has 0 N–H and O–H groups in total. The minimum absolute atomic E-state index is 0.0258. The van der Waals surface area contributed by atoms with Gasteiger partial charge >= 0.3 is 5.97 Å². The fraction of sp³-hybridized carbons (Fsp3) is 0.273. The van der Waals surface area contributed by atoms with E-state index in [1.807, 2.05) is 23.1 Å². The first-order chi connectivity index (χ1) is 13.7. The number of rotatable bonds is 3. The molecule has 0 bridgehead atoms. The lowest BCUT2D eigenvalue weighted by atomic mass is 10.0. The Balaban J connectivity index is 1.72. The third-order valence-corrected chi connectivity index (χ3v) is 5.12. The van der Waals surface area contributed by atoms with Crippen LogP contribution in [0.25, 0.3) is 22.0 Å². The average Bonchev–Trinajstić information content (AvgIpc) is 2.78. The summed E-state index contributed by atoms with van der Waals surface area (Å²) in [5.74, 6) is -0.350. The van der Waals surface area contributed by atoms with E-state index in [0.29, 0.717) is 11.1 Å². The number of esters is 1. The highest BCUT2D eigenvalue weighted by Crippen LogP contribution is 2.28. The van der Waals surface area contributed by atoms with Crippen molar-refractivity contribution >= 4 is 22.8 Å². The molecule has 0 saturated carbocycles. The average molecular weight is 375 g/mol. The van der Waals surface area contributed by atoms with Crippen LogP contribution in [0.2, 0.25) is 0 Å². The molecule has 3 aromatic rings. The van der Waals surface area contributed by atoms with Crippen molar-refractivity contribution in [2.75, 3.05) is 20.2 Å². The van der Waals surface area contributed by atoms with Gasteiger partial charge in [0, 0.05) is 36.4 Å². The fourth-order valence-electron chi connectivity index (χ4n) is 3.58. The minimum Gasteiger partial charge on any atom is -0.465 e. The Kier molecular flexibility index (Phi) is 5.02. The first-order valence-electron chi connectivity index (χ1n) is 9.39. The minimum atomic E-state index is -0.376.